The first-order chi connectivity index (χ1) is 18.9. The summed E-state index contributed by atoms with van der Waals surface area (Å²) in [7, 11) is 1.59. The summed E-state index contributed by atoms with van der Waals surface area (Å²) in [6.07, 6.45) is 2.59. The number of aryl methyl sites for hydroxylation is 2. The number of carbonyl (C=O) groups excluding carboxylic acids is 2. The molecule has 1 aromatic heterocycles. The highest BCUT2D eigenvalue weighted by molar-refractivity contribution is 7.10. The Bertz CT molecular complexity index is 1300. The lowest BCUT2D eigenvalue weighted by atomic mass is 10.00. The minimum absolute atomic E-state index is 0.00967. The molecule has 0 aliphatic carbocycles. The van der Waals surface area contributed by atoms with Crippen molar-refractivity contribution in [2.75, 3.05) is 40.0 Å². The molecule has 0 N–H and O–H groups in total. The average Bonchev–Trinajstić information content (AvgIpc) is 3.64. The zero-order chi connectivity index (χ0) is 27.4. The zero-order valence-corrected chi connectivity index (χ0v) is 23.7. The highest BCUT2D eigenvalue weighted by Gasteiger charge is 2.34. The van der Waals surface area contributed by atoms with E-state index in [0.29, 0.717) is 37.6 Å². The Kier molecular flexibility index (Phi) is 8.53. The van der Waals surface area contributed by atoms with Crippen LogP contribution in [0, 0.1) is 13.8 Å². The Hall–Kier alpha value is -3.36. The molecule has 0 saturated carbocycles. The molecule has 2 aliphatic rings. The molecule has 2 aromatic carbocycles. The van der Waals surface area contributed by atoms with Gasteiger partial charge in [0.15, 0.2) is 0 Å². The minimum atomic E-state index is -0.214. The van der Waals surface area contributed by atoms with Gasteiger partial charge in [-0.25, -0.2) is 0 Å². The van der Waals surface area contributed by atoms with Crippen LogP contribution in [0.1, 0.15) is 50.8 Å². The lowest BCUT2D eigenvalue weighted by Crippen LogP contribution is -2.49. The standard InChI is InChI=1S/C31H36N2O5S/c1-21-6-11-28(22(2)17-21)38-20-27-26-13-16-39-29(26)12-14-33(27)30(34)19-32(18-25-5-4-15-37-25)31(35)23-7-9-24(36-3)10-8-23/h6-11,13,16-17,25,27H,4-5,12,14-15,18-20H2,1-3H3/t25-,27-/m1/s1. The topological polar surface area (TPSA) is 68.3 Å². The number of ether oxygens (including phenoxy) is 3. The first-order valence-corrected chi connectivity index (χ1v) is 14.4. The van der Waals surface area contributed by atoms with Crippen molar-refractivity contribution in [1.82, 2.24) is 9.80 Å². The molecule has 2 atom stereocenters. The Labute approximate surface area is 234 Å². The van der Waals surface area contributed by atoms with Gasteiger partial charge in [0.25, 0.3) is 5.91 Å². The molecule has 7 nitrogen and oxygen atoms in total. The summed E-state index contributed by atoms with van der Waals surface area (Å²) < 4.78 is 17.4. The van der Waals surface area contributed by atoms with E-state index in [1.807, 2.05) is 24.0 Å². The van der Waals surface area contributed by atoms with E-state index in [2.05, 4.69) is 24.4 Å². The van der Waals surface area contributed by atoms with Crippen LogP contribution >= 0.6 is 11.3 Å². The van der Waals surface area contributed by atoms with E-state index >= 15 is 0 Å². The quantitative estimate of drug-likeness (QED) is 0.368. The van der Waals surface area contributed by atoms with Gasteiger partial charge in [-0.2, -0.15) is 0 Å². The number of carbonyl (C=O) groups is 2. The first kappa shape index (κ1) is 27.2. The maximum Gasteiger partial charge on any atom is 0.254 e. The zero-order valence-electron chi connectivity index (χ0n) is 22.9. The number of benzene rings is 2. The van der Waals surface area contributed by atoms with Gasteiger partial charge in [0, 0.05) is 30.1 Å². The number of rotatable bonds is 9. The molecule has 3 heterocycles. The second kappa shape index (κ2) is 12.2. The molecule has 1 fully saturated rings. The van der Waals surface area contributed by atoms with Gasteiger partial charge in [-0.1, -0.05) is 17.7 Å². The Morgan fingerprint density at radius 2 is 1.95 bits per heavy atom. The lowest BCUT2D eigenvalue weighted by Gasteiger charge is -2.37. The van der Waals surface area contributed by atoms with Gasteiger partial charge in [0.05, 0.1) is 19.3 Å². The molecule has 1 saturated heterocycles. The molecule has 206 valence electrons. The number of fused-ring (bicyclic) bond motifs is 1. The maximum absolute atomic E-state index is 13.9. The molecular weight excluding hydrogens is 512 g/mol. The van der Waals surface area contributed by atoms with Crippen molar-refractivity contribution >= 4 is 23.2 Å². The van der Waals surface area contributed by atoms with Crippen LogP contribution < -0.4 is 9.47 Å². The van der Waals surface area contributed by atoms with E-state index in [4.69, 9.17) is 14.2 Å². The van der Waals surface area contributed by atoms with Gasteiger partial charge in [0.2, 0.25) is 5.91 Å². The summed E-state index contributed by atoms with van der Waals surface area (Å²) in [5, 5.41) is 2.08. The van der Waals surface area contributed by atoms with Crippen LogP contribution in [-0.2, 0) is 16.0 Å². The number of nitrogens with zero attached hydrogens (tertiary/aromatic N) is 2. The van der Waals surface area contributed by atoms with Gasteiger partial charge in [-0.3, -0.25) is 9.59 Å². The molecular formula is C31H36N2O5S. The average molecular weight is 549 g/mol. The number of thiophene rings is 1. The van der Waals surface area contributed by atoms with Crippen LogP contribution in [0.5, 0.6) is 11.5 Å². The largest absolute Gasteiger partial charge is 0.497 e. The second-order valence-corrected chi connectivity index (χ2v) is 11.3. The van der Waals surface area contributed by atoms with Gasteiger partial charge in [0.1, 0.15) is 24.7 Å². The first-order valence-electron chi connectivity index (χ1n) is 13.5. The Morgan fingerprint density at radius 3 is 2.67 bits per heavy atom. The molecule has 0 unspecified atom stereocenters. The molecule has 3 aromatic rings. The van der Waals surface area contributed by atoms with Crippen LogP contribution in [0.4, 0.5) is 0 Å². The lowest BCUT2D eigenvalue weighted by molar-refractivity contribution is -0.135. The predicted molar refractivity (Wildman–Crippen MR) is 152 cm³/mol. The molecule has 5 rings (SSSR count). The summed E-state index contributed by atoms with van der Waals surface area (Å²) in [4.78, 5) is 32.3. The summed E-state index contributed by atoms with van der Waals surface area (Å²) in [6.45, 7) is 6.12. The Balaban J connectivity index is 1.35. The summed E-state index contributed by atoms with van der Waals surface area (Å²) in [6, 6.07) is 15.0. The number of hydrogen-bond donors (Lipinski definition) is 0. The molecule has 2 aliphatic heterocycles. The third-order valence-corrected chi connectivity index (χ3v) is 8.54. The van der Waals surface area contributed by atoms with E-state index in [1.165, 1.54) is 10.4 Å². The Morgan fingerprint density at radius 1 is 1.13 bits per heavy atom. The summed E-state index contributed by atoms with van der Waals surface area (Å²) in [5.74, 6) is 1.24. The van der Waals surface area contributed by atoms with Crippen molar-refractivity contribution in [3.05, 3.63) is 81.0 Å². The fourth-order valence-corrected chi connectivity index (χ4v) is 6.36. The summed E-state index contributed by atoms with van der Waals surface area (Å²) in [5.41, 5.74) is 3.91. The molecule has 0 radical (unpaired) electrons. The van der Waals surface area contributed by atoms with Crippen LogP contribution in [0.3, 0.4) is 0 Å². The predicted octanol–water partition coefficient (Wildman–Crippen LogP) is 5.20. The van der Waals surface area contributed by atoms with Gasteiger partial charge < -0.3 is 24.0 Å². The minimum Gasteiger partial charge on any atom is -0.497 e. The molecule has 2 amide bonds. The van der Waals surface area contributed by atoms with E-state index in [9.17, 15) is 9.59 Å². The van der Waals surface area contributed by atoms with Gasteiger partial charge >= 0.3 is 0 Å². The highest BCUT2D eigenvalue weighted by atomic mass is 32.1. The van der Waals surface area contributed by atoms with Crippen molar-refractivity contribution < 1.29 is 23.8 Å². The fraction of sp³-hybridized carbons (Fsp3) is 0.419. The second-order valence-electron chi connectivity index (χ2n) is 10.3. The highest BCUT2D eigenvalue weighted by Crippen LogP contribution is 2.34. The van der Waals surface area contributed by atoms with Crippen LogP contribution in [0.15, 0.2) is 53.9 Å². The molecule has 0 bridgehead atoms. The molecule has 39 heavy (non-hydrogen) atoms. The van der Waals surface area contributed by atoms with Crippen molar-refractivity contribution in [1.29, 1.82) is 0 Å². The number of amides is 2. The van der Waals surface area contributed by atoms with Gasteiger partial charge in [-0.05, 0) is 86.0 Å². The van der Waals surface area contributed by atoms with Crippen molar-refractivity contribution in [2.24, 2.45) is 0 Å². The van der Waals surface area contributed by atoms with Crippen molar-refractivity contribution in [3.8, 4) is 11.5 Å². The van der Waals surface area contributed by atoms with Crippen LogP contribution in [0.25, 0.3) is 0 Å². The van der Waals surface area contributed by atoms with Crippen LogP contribution in [-0.4, -0.2) is 67.7 Å². The van der Waals surface area contributed by atoms with E-state index in [-0.39, 0.29) is 30.5 Å². The molecule has 8 heteroatoms. The van der Waals surface area contributed by atoms with E-state index < -0.39 is 0 Å². The monoisotopic (exact) mass is 548 g/mol. The SMILES string of the molecule is COc1ccc(C(=O)N(CC(=O)N2CCc3sccc3[C@H]2COc2ccc(C)cc2C)C[C@H]2CCCO2)cc1. The maximum atomic E-state index is 13.9. The van der Waals surface area contributed by atoms with Crippen molar-refractivity contribution in [3.63, 3.8) is 0 Å². The summed E-state index contributed by atoms with van der Waals surface area (Å²) >= 11 is 1.73. The third-order valence-electron chi connectivity index (χ3n) is 7.54. The normalized spacial score (nSPS) is 18.5. The van der Waals surface area contributed by atoms with Gasteiger partial charge in [-0.15, -0.1) is 11.3 Å². The fourth-order valence-electron chi connectivity index (χ4n) is 5.43. The number of hydrogen-bond acceptors (Lipinski definition) is 6. The third kappa shape index (κ3) is 6.28. The van der Waals surface area contributed by atoms with E-state index in [0.717, 1.165) is 36.1 Å². The molecule has 0 spiro atoms. The number of methoxy groups -OCH3 is 1. The smallest absolute Gasteiger partial charge is 0.254 e. The van der Waals surface area contributed by atoms with Crippen molar-refractivity contribution in [2.45, 2.75) is 45.3 Å². The van der Waals surface area contributed by atoms with E-state index in [1.54, 1.807) is 47.6 Å². The van der Waals surface area contributed by atoms with Crippen LogP contribution in [0.2, 0.25) is 0 Å².